The van der Waals surface area contributed by atoms with Gasteiger partial charge in [0.05, 0.1) is 17.9 Å². The fourth-order valence-electron chi connectivity index (χ4n) is 5.45. The van der Waals surface area contributed by atoms with Gasteiger partial charge in [0, 0.05) is 30.4 Å². The number of sulfonamides is 1. The zero-order valence-electron chi connectivity index (χ0n) is 23.1. The first kappa shape index (κ1) is 28.0. The van der Waals surface area contributed by atoms with Gasteiger partial charge in [0.1, 0.15) is 17.4 Å². The highest BCUT2D eigenvalue weighted by molar-refractivity contribution is 7.90. The molecule has 5 rings (SSSR count). The van der Waals surface area contributed by atoms with Crippen molar-refractivity contribution in [3.05, 3.63) is 65.6 Å². The Bertz CT molecular complexity index is 1520. The van der Waals surface area contributed by atoms with Crippen molar-refractivity contribution in [2.75, 3.05) is 24.6 Å². The molecule has 2 aromatic heterocycles. The Kier molecular flexibility index (Phi) is 7.81. The minimum atomic E-state index is -4.20. The average molecular weight is 567 g/mol. The van der Waals surface area contributed by atoms with Crippen molar-refractivity contribution in [3.63, 3.8) is 0 Å². The molecular weight excluding hydrogens is 531 g/mol. The minimum Gasteiger partial charge on any atom is -0.493 e. The Hall–Kier alpha value is -3.53. The van der Waals surface area contributed by atoms with Crippen LogP contribution in [0.5, 0.6) is 5.75 Å². The third-order valence-corrected chi connectivity index (χ3v) is 8.84. The quantitative estimate of drug-likeness (QED) is 0.383. The lowest BCUT2D eigenvalue weighted by Gasteiger charge is -2.49. The molecule has 0 bridgehead atoms. The second-order valence-electron chi connectivity index (χ2n) is 11.4. The van der Waals surface area contributed by atoms with Crippen LogP contribution in [-0.2, 0) is 10.0 Å². The molecule has 0 atom stereocenters. The summed E-state index contributed by atoms with van der Waals surface area (Å²) in [6, 6.07) is 12.2. The van der Waals surface area contributed by atoms with Crippen molar-refractivity contribution in [2.24, 2.45) is 11.3 Å². The maximum atomic E-state index is 14.6. The van der Waals surface area contributed by atoms with E-state index in [1.165, 1.54) is 24.6 Å². The molecule has 1 saturated carbocycles. The number of anilines is 1. The van der Waals surface area contributed by atoms with Gasteiger partial charge >= 0.3 is 0 Å². The zero-order chi connectivity index (χ0) is 28.5. The summed E-state index contributed by atoms with van der Waals surface area (Å²) in [6.07, 6.45) is 5.50. The van der Waals surface area contributed by atoms with E-state index in [0.29, 0.717) is 41.7 Å². The van der Waals surface area contributed by atoms with Gasteiger partial charge < -0.3 is 9.64 Å². The van der Waals surface area contributed by atoms with E-state index in [2.05, 4.69) is 14.6 Å². The molecule has 1 aromatic carbocycles. The first-order valence-electron chi connectivity index (χ1n) is 13.7. The first-order chi connectivity index (χ1) is 19.0. The van der Waals surface area contributed by atoms with Crippen LogP contribution in [-0.4, -0.2) is 44.0 Å². The number of ether oxygens (including phenoxy) is 1. The molecule has 3 heterocycles. The van der Waals surface area contributed by atoms with Crippen LogP contribution in [0.3, 0.4) is 0 Å². The molecule has 1 aliphatic heterocycles. The Morgan fingerprint density at radius 3 is 2.58 bits per heavy atom. The third kappa shape index (κ3) is 6.11. The lowest BCUT2D eigenvalue weighted by atomic mass is 9.64. The first-order valence-corrected chi connectivity index (χ1v) is 15.2. The fourth-order valence-corrected chi connectivity index (χ4v) is 6.44. The normalized spacial score (nSPS) is 16.6. The number of rotatable bonds is 8. The number of aryl methyl sites for hydroxylation is 1. The number of halogens is 1. The van der Waals surface area contributed by atoms with Gasteiger partial charge in [-0.05, 0) is 80.3 Å². The van der Waals surface area contributed by atoms with Crippen LogP contribution in [0.25, 0.3) is 11.3 Å². The zero-order valence-corrected chi connectivity index (χ0v) is 23.9. The summed E-state index contributed by atoms with van der Waals surface area (Å²) in [5.41, 5.74) is 1.84. The monoisotopic (exact) mass is 566 g/mol. The standard InChI is InChI=1S/C30H35FN4O4S/c1-20(2)18-39-24-16-22(15-23(31)17-24)26-10-9-25(28(33-26)35-14-6-13-30(19-35)11-5-12-30)29(36)34-40(37,38)27-8-4-7-21(3)32-27/h4,7-10,15-17,20H,5-6,11-14,18-19H2,1-3H3,(H,34,36). The van der Waals surface area contributed by atoms with Crippen molar-refractivity contribution in [1.82, 2.24) is 14.7 Å². The van der Waals surface area contributed by atoms with Crippen molar-refractivity contribution in [1.29, 1.82) is 0 Å². The summed E-state index contributed by atoms with van der Waals surface area (Å²) in [4.78, 5) is 24.4. The van der Waals surface area contributed by atoms with Gasteiger partial charge in [0.2, 0.25) is 0 Å². The number of hydrogen-bond acceptors (Lipinski definition) is 7. The largest absolute Gasteiger partial charge is 0.493 e. The molecule has 2 aliphatic rings. The topological polar surface area (TPSA) is 101 Å². The number of nitrogens with one attached hydrogen (secondary N) is 1. The second-order valence-corrected chi connectivity index (χ2v) is 13.0. The van der Waals surface area contributed by atoms with Crippen LogP contribution in [0.1, 0.15) is 62.0 Å². The minimum absolute atomic E-state index is 0.143. The van der Waals surface area contributed by atoms with Crippen LogP contribution >= 0.6 is 0 Å². The van der Waals surface area contributed by atoms with Gasteiger partial charge in [-0.25, -0.2) is 19.1 Å². The molecule has 40 heavy (non-hydrogen) atoms. The average Bonchev–Trinajstić information content (AvgIpc) is 2.90. The summed E-state index contributed by atoms with van der Waals surface area (Å²) in [6.45, 7) is 7.58. The highest BCUT2D eigenvalue weighted by Crippen LogP contribution is 2.48. The summed E-state index contributed by atoms with van der Waals surface area (Å²) < 4.78 is 48.5. The number of nitrogens with zero attached hydrogens (tertiary/aromatic N) is 3. The summed E-state index contributed by atoms with van der Waals surface area (Å²) in [5.74, 6) is -0.173. The molecule has 0 radical (unpaired) electrons. The molecule has 10 heteroatoms. The highest BCUT2D eigenvalue weighted by atomic mass is 32.2. The van der Waals surface area contributed by atoms with E-state index in [0.717, 1.165) is 32.2 Å². The van der Waals surface area contributed by atoms with E-state index in [4.69, 9.17) is 9.72 Å². The maximum Gasteiger partial charge on any atom is 0.281 e. The molecule has 1 N–H and O–H groups in total. The number of piperidine rings is 1. The van der Waals surface area contributed by atoms with Crippen LogP contribution in [0.4, 0.5) is 10.2 Å². The Morgan fingerprint density at radius 2 is 1.88 bits per heavy atom. The van der Waals surface area contributed by atoms with Crippen LogP contribution < -0.4 is 14.4 Å². The molecule has 212 valence electrons. The number of amides is 1. The van der Waals surface area contributed by atoms with E-state index < -0.39 is 21.7 Å². The molecule has 0 unspecified atom stereocenters. The predicted octanol–water partition coefficient (Wildman–Crippen LogP) is 5.52. The van der Waals surface area contributed by atoms with Gasteiger partial charge in [0.25, 0.3) is 15.9 Å². The molecule has 2 fully saturated rings. The Labute approximate surface area is 235 Å². The van der Waals surface area contributed by atoms with Gasteiger partial charge in [-0.15, -0.1) is 0 Å². The molecule has 1 spiro atoms. The summed E-state index contributed by atoms with van der Waals surface area (Å²) >= 11 is 0. The number of aromatic nitrogens is 2. The maximum absolute atomic E-state index is 14.6. The number of carbonyl (C=O) groups is 1. The van der Waals surface area contributed by atoms with Crippen LogP contribution in [0.2, 0.25) is 0 Å². The van der Waals surface area contributed by atoms with Crippen LogP contribution in [0, 0.1) is 24.1 Å². The van der Waals surface area contributed by atoms with Gasteiger partial charge in [-0.2, -0.15) is 8.42 Å². The molecule has 1 aliphatic carbocycles. The second kappa shape index (κ2) is 11.2. The molecular formula is C30H35FN4O4S. The molecule has 1 saturated heterocycles. The van der Waals surface area contributed by atoms with Crippen molar-refractivity contribution < 1.29 is 22.3 Å². The smallest absolute Gasteiger partial charge is 0.281 e. The Morgan fingerprint density at radius 1 is 1.10 bits per heavy atom. The van der Waals surface area contributed by atoms with Crippen LogP contribution in [0.15, 0.2) is 53.6 Å². The number of carbonyl (C=O) groups excluding carboxylic acids is 1. The van der Waals surface area contributed by atoms with Crippen molar-refractivity contribution in [3.8, 4) is 17.0 Å². The van der Waals surface area contributed by atoms with Crippen molar-refractivity contribution >= 4 is 21.7 Å². The summed E-state index contributed by atoms with van der Waals surface area (Å²) in [7, 11) is -4.20. The number of pyridine rings is 2. The van der Waals surface area contributed by atoms with E-state index in [9.17, 15) is 17.6 Å². The lowest BCUT2D eigenvalue weighted by molar-refractivity contribution is 0.0975. The van der Waals surface area contributed by atoms with Gasteiger partial charge in [-0.3, -0.25) is 4.79 Å². The summed E-state index contributed by atoms with van der Waals surface area (Å²) in [5, 5.41) is -0.230. The predicted molar refractivity (Wildman–Crippen MR) is 151 cm³/mol. The molecule has 8 nitrogen and oxygen atoms in total. The van der Waals surface area contributed by atoms with Crippen molar-refractivity contribution in [2.45, 2.75) is 57.9 Å². The van der Waals surface area contributed by atoms with E-state index in [-0.39, 0.29) is 21.9 Å². The number of benzene rings is 1. The van der Waals surface area contributed by atoms with E-state index in [1.807, 2.05) is 13.8 Å². The fraction of sp³-hybridized carbons (Fsp3) is 0.433. The Balaban J connectivity index is 1.51. The van der Waals surface area contributed by atoms with Gasteiger partial charge in [-0.1, -0.05) is 26.3 Å². The van der Waals surface area contributed by atoms with E-state index >= 15 is 0 Å². The van der Waals surface area contributed by atoms with Gasteiger partial charge in [0.15, 0.2) is 5.03 Å². The highest BCUT2D eigenvalue weighted by Gasteiger charge is 2.41. The molecule has 3 aromatic rings. The number of hydrogen-bond donors (Lipinski definition) is 1. The third-order valence-electron chi connectivity index (χ3n) is 7.61. The van der Waals surface area contributed by atoms with E-state index in [1.54, 1.807) is 37.3 Å². The SMILES string of the molecule is Cc1cccc(S(=O)(=O)NC(=O)c2ccc(-c3cc(F)cc(OCC(C)C)c3)nc2N2CCCC3(CCC3)C2)n1. The lowest BCUT2D eigenvalue weighted by Crippen LogP contribution is -2.48. The molecule has 1 amide bonds.